The highest BCUT2D eigenvalue weighted by atomic mass is 32.2. The molecule has 0 aliphatic carbocycles. The molecule has 1 N–H and O–H groups in total. The van der Waals surface area contributed by atoms with E-state index in [0.29, 0.717) is 32.5 Å². The molecule has 0 atom stereocenters. The Morgan fingerprint density at radius 3 is 2.52 bits per heavy atom. The standard InChI is InChI=1S/C20H32N2O3S2/c1-16-6-5-7-17(14-16)15-27(24,25)22-11-8-18(9-12-22)19(23)21-10-13-26-20(2,3)4/h5-7,14,18H,8-13,15H2,1-4H3,(H,21,23). The van der Waals surface area contributed by atoms with Crippen molar-refractivity contribution in [3.63, 3.8) is 0 Å². The number of hydrogen-bond acceptors (Lipinski definition) is 4. The second-order valence-electron chi connectivity index (χ2n) is 8.17. The highest BCUT2D eigenvalue weighted by Crippen LogP contribution is 2.23. The third-order valence-corrected chi connectivity index (χ3v) is 7.71. The van der Waals surface area contributed by atoms with E-state index < -0.39 is 10.0 Å². The molecule has 1 aromatic carbocycles. The summed E-state index contributed by atoms with van der Waals surface area (Å²) in [5.41, 5.74) is 1.87. The number of benzene rings is 1. The van der Waals surface area contributed by atoms with Crippen LogP contribution in [0, 0.1) is 12.8 Å². The summed E-state index contributed by atoms with van der Waals surface area (Å²) in [5.74, 6) is 0.879. The maximum Gasteiger partial charge on any atom is 0.223 e. The Hall–Kier alpha value is -1.05. The molecule has 27 heavy (non-hydrogen) atoms. The molecule has 7 heteroatoms. The van der Waals surface area contributed by atoms with Gasteiger partial charge in [-0.05, 0) is 25.3 Å². The fourth-order valence-electron chi connectivity index (χ4n) is 3.18. The van der Waals surface area contributed by atoms with E-state index in [0.717, 1.165) is 16.9 Å². The normalized spacial score (nSPS) is 17.0. The molecule has 1 fully saturated rings. The molecule has 1 amide bonds. The van der Waals surface area contributed by atoms with Gasteiger partial charge in [0.15, 0.2) is 0 Å². The Balaban J connectivity index is 1.79. The van der Waals surface area contributed by atoms with E-state index >= 15 is 0 Å². The lowest BCUT2D eigenvalue weighted by molar-refractivity contribution is -0.125. The summed E-state index contributed by atoms with van der Waals surface area (Å²) in [6.07, 6.45) is 1.18. The Morgan fingerprint density at radius 2 is 1.93 bits per heavy atom. The Labute approximate surface area is 168 Å². The van der Waals surface area contributed by atoms with Gasteiger partial charge in [-0.2, -0.15) is 11.8 Å². The lowest BCUT2D eigenvalue weighted by Gasteiger charge is -2.30. The molecule has 0 unspecified atom stereocenters. The average Bonchev–Trinajstić information content (AvgIpc) is 2.57. The molecule has 152 valence electrons. The van der Waals surface area contributed by atoms with Gasteiger partial charge >= 0.3 is 0 Å². The summed E-state index contributed by atoms with van der Waals surface area (Å²) < 4.78 is 27.1. The van der Waals surface area contributed by atoms with E-state index in [2.05, 4.69) is 26.1 Å². The van der Waals surface area contributed by atoms with Crippen LogP contribution in [0.25, 0.3) is 0 Å². The van der Waals surface area contributed by atoms with Crippen LogP contribution in [-0.4, -0.2) is 48.8 Å². The van der Waals surface area contributed by atoms with Crippen LogP contribution in [0.4, 0.5) is 0 Å². The molecule has 1 saturated heterocycles. The molecule has 0 saturated carbocycles. The van der Waals surface area contributed by atoms with Crippen LogP contribution in [0.3, 0.4) is 0 Å². The summed E-state index contributed by atoms with van der Waals surface area (Å²) in [5, 5.41) is 3.00. The van der Waals surface area contributed by atoms with E-state index in [1.54, 1.807) is 0 Å². The van der Waals surface area contributed by atoms with Crippen molar-refractivity contribution in [3.8, 4) is 0 Å². The molecule has 1 aromatic rings. The van der Waals surface area contributed by atoms with E-state index in [1.807, 2.05) is 43.0 Å². The lowest BCUT2D eigenvalue weighted by atomic mass is 9.97. The summed E-state index contributed by atoms with van der Waals surface area (Å²) >= 11 is 1.83. The number of sulfonamides is 1. The van der Waals surface area contributed by atoms with Crippen LogP contribution in [0.1, 0.15) is 44.7 Å². The van der Waals surface area contributed by atoms with Gasteiger partial charge in [0.05, 0.1) is 5.75 Å². The van der Waals surface area contributed by atoms with Crippen LogP contribution >= 0.6 is 11.8 Å². The molecular weight excluding hydrogens is 380 g/mol. The number of nitrogens with one attached hydrogen (secondary N) is 1. The predicted molar refractivity (Wildman–Crippen MR) is 113 cm³/mol. The fourth-order valence-corrected chi connectivity index (χ4v) is 5.54. The molecule has 1 heterocycles. The lowest BCUT2D eigenvalue weighted by Crippen LogP contribution is -2.43. The number of thioether (sulfide) groups is 1. The molecule has 1 aliphatic heterocycles. The summed E-state index contributed by atoms with van der Waals surface area (Å²) in [4.78, 5) is 12.3. The van der Waals surface area contributed by atoms with E-state index in [9.17, 15) is 13.2 Å². The van der Waals surface area contributed by atoms with E-state index in [1.165, 1.54) is 4.31 Å². The maximum absolute atomic E-state index is 12.7. The quantitative estimate of drug-likeness (QED) is 0.699. The smallest absolute Gasteiger partial charge is 0.223 e. The van der Waals surface area contributed by atoms with Crippen molar-refractivity contribution < 1.29 is 13.2 Å². The summed E-state index contributed by atoms with van der Waals surface area (Å²) in [6, 6.07) is 7.60. The summed E-state index contributed by atoms with van der Waals surface area (Å²) in [7, 11) is -3.34. The average molecular weight is 413 g/mol. The van der Waals surface area contributed by atoms with Gasteiger partial charge in [0, 0.05) is 36.1 Å². The van der Waals surface area contributed by atoms with Crippen molar-refractivity contribution in [1.82, 2.24) is 9.62 Å². The zero-order chi connectivity index (χ0) is 20.1. The molecular formula is C20H32N2O3S2. The van der Waals surface area contributed by atoms with Gasteiger partial charge in [0.1, 0.15) is 0 Å². The van der Waals surface area contributed by atoms with Crippen LogP contribution in [0.15, 0.2) is 24.3 Å². The number of aryl methyl sites for hydroxylation is 1. The molecule has 2 rings (SSSR count). The van der Waals surface area contributed by atoms with Crippen molar-refractivity contribution in [3.05, 3.63) is 35.4 Å². The number of amides is 1. The maximum atomic E-state index is 12.7. The predicted octanol–water partition coefficient (Wildman–Crippen LogP) is 3.18. The van der Waals surface area contributed by atoms with Gasteiger partial charge in [-0.25, -0.2) is 12.7 Å². The first-order valence-corrected chi connectivity index (χ1v) is 12.1. The highest BCUT2D eigenvalue weighted by molar-refractivity contribution is 8.00. The molecule has 0 bridgehead atoms. The van der Waals surface area contributed by atoms with Gasteiger partial charge in [0.25, 0.3) is 0 Å². The highest BCUT2D eigenvalue weighted by Gasteiger charge is 2.31. The Morgan fingerprint density at radius 1 is 1.26 bits per heavy atom. The topological polar surface area (TPSA) is 66.5 Å². The van der Waals surface area contributed by atoms with Crippen LogP contribution in [-0.2, 0) is 20.6 Å². The van der Waals surface area contributed by atoms with Crippen LogP contribution in [0.5, 0.6) is 0 Å². The second kappa shape index (κ2) is 9.43. The Bertz CT molecular complexity index is 734. The number of rotatable bonds is 7. The number of carbonyl (C=O) groups is 1. The molecule has 0 aromatic heterocycles. The zero-order valence-electron chi connectivity index (χ0n) is 16.8. The van der Waals surface area contributed by atoms with Gasteiger partial charge in [-0.1, -0.05) is 50.6 Å². The largest absolute Gasteiger partial charge is 0.355 e. The van der Waals surface area contributed by atoms with Gasteiger partial charge in [-0.15, -0.1) is 0 Å². The van der Waals surface area contributed by atoms with E-state index in [4.69, 9.17) is 0 Å². The van der Waals surface area contributed by atoms with Crippen LogP contribution < -0.4 is 5.32 Å². The number of nitrogens with zero attached hydrogens (tertiary/aromatic N) is 1. The number of carbonyl (C=O) groups excluding carboxylic acids is 1. The first kappa shape index (κ1) is 22.2. The molecule has 0 radical (unpaired) electrons. The molecule has 0 spiro atoms. The van der Waals surface area contributed by atoms with Crippen molar-refractivity contribution in [1.29, 1.82) is 0 Å². The molecule has 1 aliphatic rings. The van der Waals surface area contributed by atoms with Gasteiger partial charge in [0.2, 0.25) is 15.9 Å². The third-order valence-electron chi connectivity index (χ3n) is 4.59. The minimum atomic E-state index is -3.34. The SMILES string of the molecule is Cc1cccc(CS(=O)(=O)N2CCC(C(=O)NCCSC(C)(C)C)CC2)c1. The number of hydrogen-bond donors (Lipinski definition) is 1. The van der Waals surface area contributed by atoms with E-state index in [-0.39, 0.29) is 22.3 Å². The molecule has 5 nitrogen and oxygen atoms in total. The van der Waals surface area contributed by atoms with Crippen molar-refractivity contribution in [2.24, 2.45) is 5.92 Å². The third kappa shape index (κ3) is 7.47. The number of piperidine rings is 1. The first-order chi connectivity index (χ1) is 12.6. The van der Waals surface area contributed by atoms with Crippen molar-refractivity contribution in [2.45, 2.75) is 51.0 Å². The van der Waals surface area contributed by atoms with Crippen LogP contribution in [0.2, 0.25) is 0 Å². The zero-order valence-corrected chi connectivity index (χ0v) is 18.5. The van der Waals surface area contributed by atoms with Gasteiger partial charge in [-0.3, -0.25) is 4.79 Å². The van der Waals surface area contributed by atoms with Crippen molar-refractivity contribution >= 4 is 27.7 Å². The minimum Gasteiger partial charge on any atom is -0.355 e. The van der Waals surface area contributed by atoms with Crippen molar-refractivity contribution in [2.75, 3.05) is 25.4 Å². The Kier molecular flexibility index (Phi) is 7.77. The second-order valence-corrected chi connectivity index (χ2v) is 12.1. The monoisotopic (exact) mass is 412 g/mol. The first-order valence-electron chi connectivity index (χ1n) is 9.52. The summed E-state index contributed by atoms with van der Waals surface area (Å²) in [6.45, 7) is 9.93. The minimum absolute atomic E-state index is 0.0234. The van der Waals surface area contributed by atoms with Gasteiger partial charge < -0.3 is 5.32 Å². The fraction of sp³-hybridized carbons (Fsp3) is 0.650.